The number of benzene rings is 2. The highest BCUT2D eigenvalue weighted by Crippen LogP contribution is 2.21. The van der Waals surface area contributed by atoms with E-state index < -0.39 is 21.6 Å². The van der Waals surface area contributed by atoms with Crippen LogP contribution in [0.4, 0.5) is 5.69 Å². The second kappa shape index (κ2) is 9.04. The smallest absolute Gasteiger partial charge is 0.240 e. The number of nitrogens with two attached hydrogens (primary N) is 1. The van der Waals surface area contributed by atoms with Gasteiger partial charge in [0.2, 0.25) is 15.9 Å². The lowest BCUT2D eigenvalue weighted by molar-refractivity contribution is -0.126. The number of carbonyl (C=O) groups excluding carboxylic acids is 1. The first kappa shape index (κ1) is 22.7. The summed E-state index contributed by atoms with van der Waals surface area (Å²) in [5, 5.41) is 2.88. The molecule has 1 atom stereocenters. The van der Waals surface area contributed by atoms with E-state index in [1.807, 2.05) is 30.3 Å². The van der Waals surface area contributed by atoms with Crippen LogP contribution < -0.4 is 15.8 Å². The highest BCUT2D eigenvalue weighted by molar-refractivity contribution is 7.92. The SMILES string of the molecule is CC(C)(N)C(=O)NC(COCc1ccccc1)c1nc2ccc(NS(C)(=O)=O)cc2[nH]1. The molecule has 3 rings (SSSR count). The van der Waals surface area contributed by atoms with Crippen LogP contribution in [0, 0.1) is 0 Å². The first-order chi connectivity index (χ1) is 14.5. The van der Waals surface area contributed by atoms with Gasteiger partial charge >= 0.3 is 0 Å². The van der Waals surface area contributed by atoms with Crippen LogP contribution >= 0.6 is 0 Å². The second-order valence-electron chi connectivity index (χ2n) is 7.98. The number of imidazole rings is 1. The third-order valence-electron chi connectivity index (χ3n) is 4.42. The number of carbonyl (C=O) groups is 1. The van der Waals surface area contributed by atoms with Crippen LogP contribution in [0.2, 0.25) is 0 Å². The number of H-pyrrole nitrogens is 1. The largest absolute Gasteiger partial charge is 0.374 e. The average molecular weight is 446 g/mol. The number of hydrogen-bond donors (Lipinski definition) is 4. The minimum Gasteiger partial charge on any atom is -0.374 e. The van der Waals surface area contributed by atoms with Crippen molar-refractivity contribution in [1.29, 1.82) is 0 Å². The maximum Gasteiger partial charge on any atom is 0.240 e. The molecule has 166 valence electrons. The van der Waals surface area contributed by atoms with E-state index in [9.17, 15) is 13.2 Å². The Bertz CT molecular complexity index is 1150. The molecule has 0 bridgehead atoms. The van der Waals surface area contributed by atoms with E-state index in [0.717, 1.165) is 11.8 Å². The summed E-state index contributed by atoms with van der Waals surface area (Å²) in [5.41, 5.74) is 7.53. The maximum absolute atomic E-state index is 12.5. The van der Waals surface area contributed by atoms with E-state index in [1.165, 1.54) is 0 Å². The summed E-state index contributed by atoms with van der Waals surface area (Å²) in [6, 6.07) is 14.1. The first-order valence-electron chi connectivity index (χ1n) is 9.70. The Morgan fingerprint density at radius 2 is 1.94 bits per heavy atom. The number of hydrogen-bond acceptors (Lipinski definition) is 6. The third-order valence-corrected chi connectivity index (χ3v) is 5.03. The van der Waals surface area contributed by atoms with Crippen molar-refractivity contribution >= 4 is 32.7 Å². The quantitative estimate of drug-likeness (QED) is 0.397. The Kier molecular flexibility index (Phi) is 6.63. The summed E-state index contributed by atoms with van der Waals surface area (Å²) < 4.78 is 31.2. The lowest BCUT2D eigenvalue weighted by Crippen LogP contribution is -2.50. The topological polar surface area (TPSA) is 139 Å². The summed E-state index contributed by atoms with van der Waals surface area (Å²) in [7, 11) is -3.40. The molecule has 0 saturated carbocycles. The van der Waals surface area contributed by atoms with Crippen molar-refractivity contribution in [1.82, 2.24) is 15.3 Å². The summed E-state index contributed by atoms with van der Waals surface area (Å²) in [6.45, 7) is 3.78. The monoisotopic (exact) mass is 445 g/mol. The number of rotatable bonds is 9. The molecule has 10 heteroatoms. The molecule has 0 spiro atoms. The summed E-state index contributed by atoms with van der Waals surface area (Å²) in [5.74, 6) is 0.137. The van der Waals surface area contributed by atoms with Gasteiger partial charge in [0, 0.05) is 0 Å². The van der Waals surface area contributed by atoms with Gasteiger partial charge < -0.3 is 20.8 Å². The fraction of sp³-hybridized carbons (Fsp3) is 0.333. The molecular weight excluding hydrogens is 418 g/mol. The zero-order valence-electron chi connectivity index (χ0n) is 17.7. The van der Waals surface area contributed by atoms with Gasteiger partial charge in [-0.05, 0) is 37.6 Å². The van der Waals surface area contributed by atoms with Crippen molar-refractivity contribution in [2.45, 2.75) is 32.0 Å². The van der Waals surface area contributed by atoms with Crippen LogP contribution in [0.3, 0.4) is 0 Å². The molecule has 1 unspecified atom stereocenters. The molecule has 5 N–H and O–H groups in total. The van der Waals surface area contributed by atoms with E-state index in [4.69, 9.17) is 10.5 Å². The highest BCUT2D eigenvalue weighted by atomic mass is 32.2. The third kappa shape index (κ3) is 6.51. The molecular formula is C21H27N5O4S. The molecule has 1 heterocycles. The average Bonchev–Trinajstić information content (AvgIpc) is 3.09. The Morgan fingerprint density at radius 1 is 1.23 bits per heavy atom. The summed E-state index contributed by atoms with van der Waals surface area (Å²) in [6.07, 6.45) is 1.08. The minimum absolute atomic E-state index is 0.172. The number of ether oxygens (including phenoxy) is 1. The van der Waals surface area contributed by atoms with Gasteiger partial charge in [-0.3, -0.25) is 9.52 Å². The number of nitrogens with one attached hydrogen (secondary N) is 3. The van der Waals surface area contributed by atoms with Gasteiger partial charge in [0.15, 0.2) is 0 Å². The van der Waals surface area contributed by atoms with Crippen LogP contribution in [0.25, 0.3) is 11.0 Å². The Labute approximate surface area is 181 Å². The fourth-order valence-electron chi connectivity index (χ4n) is 2.87. The Balaban J connectivity index is 1.82. The standard InChI is InChI=1S/C21H27N5O4S/c1-21(2,22)20(27)25-18(13-30-12-14-7-5-4-6-8-14)19-23-16-10-9-15(11-17(16)24-19)26-31(3,28)29/h4-11,18,26H,12-13,22H2,1-3H3,(H,23,24)(H,25,27). The fourth-order valence-corrected chi connectivity index (χ4v) is 3.43. The maximum atomic E-state index is 12.5. The van der Waals surface area contributed by atoms with Gasteiger partial charge in [-0.1, -0.05) is 30.3 Å². The molecule has 0 fully saturated rings. The summed E-state index contributed by atoms with van der Waals surface area (Å²) in [4.78, 5) is 20.2. The van der Waals surface area contributed by atoms with Crippen molar-refractivity contribution in [2.75, 3.05) is 17.6 Å². The van der Waals surface area contributed by atoms with Crippen molar-refractivity contribution in [3.05, 3.63) is 59.9 Å². The van der Waals surface area contributed by atoms with E-state index in [1.54, 1.807) is 32.0 Å². The van der Waals surface area contributed by atoms with Gasteiger partial charge in [0.05, 0.1) is 41.7 Å². The molecule has 0 radical (unpaired) electrons. The highest BCUT2D eigenvalue weighted by Gasteiger charge is 2.27. The molecule has 3 aromatic rings. The van der Waals surface area contributed by atoms with E-state index in [2.05, 4.69) is 20.0 Å². The number of nitrogens with zero attached hydrogens (tertiary/aromatic N) is 1. The molecule has 31 heavy (non-hydrogen) atoms. The van der Waals surface area contributed by atoms with Gasteiger partial charge in [-0.25, -0.2) is 13.4 Å². The number of aromatic nitrogens is 2. The molecule has 0 saturated heterocycles. The molecule has 0 aliphatic carbocycles. The van der Waals surface area contributed by atoms with Gasteiger partial charge in [-0.15, -0.1) is 0 Å². The molecule has 0 aliphatic rings. The van der Waals surface area contributed by atoms with E-state index >= 15 is 0 Å². The van der Waals surface area contributed by atoms with Crippen LogP contribution in [-0.2, 0) is 26.2 Å². The Morgan fingerprint density at radius 3 is 2.58 bits per heavy atom. The number of amides is 1. The lowest BCUT2D eigenvalue weighted by Gasteiger charge is -2.23. The Hall–Kier alpha value is -2.95. The van der Waals surface area contributed by atoms with Gasteiger partial charge in [0.25, 0.3) is 0 Å². The van der Waals surface area contributed by atoms with E-state index in [0.29, 0.717) is 29.2 Å². The van der Waals surface area contributed by atoms with Crippen molar-refractivity contribution in [3.63, 3.8) is 0 Å². The van der Waals surface area contributed by atoms with Crippen LogP contribution in [0.1, 0.15) is 31.3 Å². The molecule has 1 amide bonds. The summed E-state index contributed by atoms with van der Waals surface area (Å²) >= 11 is 0. The number of anilines is 1. The normalized spacial score (nSPS) is 13.2. The van der Waals surface area contributed by atoms with Crippen molar-refractivity contribution in [2.24, 2.45) is 5.73 Å². The van der Waals surface area contributed by atoms with Gasteiger partial charge in [-0.2, -0.15) is 0 Å². The number of fused-ring (bicyclic) bond motifs is 1. The molecule has 1 aromatic heterocycles. The van der Waals surface area contributed by atoms with Crippen LogP contribution in [0.5, 0.6) is 0 Å². The number of sulfonamides is 1. The second-order valence-corrected chi connectivity index (χ2v) is 9.73. The van der Waals surface area contributed by atoms with Crippen molar-refractivity contribution < 1.29 is 17.9 Å². The van der Waals surface area contributed by atoms with Crippen LogP contribution in [0.15, 0.2) is 48.5 Å². The van der Waals surface area contributed by atoms with Crippen molar-refractivity contribution in [3.8, 4) is 0 Å². The predicted octanol–water partition coefficient (Wildman–Crippen LogP) is 2.05. The zero-order chi connectivity index (χ0) is 22.6. The predicted molar refractivity (Wildman–Crippen MR) is 120 cm³/mol. The molecule has 9 nitrogen and oxygen atoms in total. The number of aromatic amines is 1. The minimum atomic E-state index is -3.40. The molecule has 0 aliphatic heterocycles. The molecule has 2 aromatic carbocycles. The van der Waals surface area contributed by atoms with E-state index in [-0.39, 0.29) is 12.5 Å². The zero-order valence-corrected chi connectivity index (χ0v) is 18.5. The van der Waals surface area contributed by atoms with Crippen LogP contribution in [-0.4, -0.2) is 42.7 Å². The lowest BCUT2D eigenvalue weighted by atomic mass is 10.1. The van der Waals surface area contributed by atoms with Gasteiger partial charge in [0.1, 0.15) is 11.9 Å². The first-order valence-corrected chi connectivity index (χ1v) is 11.6.